The number of pyridine rings is 1. The van der Waals surface area contributed by atoms with E-state index in [1.165, 1.54) is 36.8 Å². The molecule has 0 unspecified atom stereocenters. The van der Waals surface area contributed by atoms with Gasteiger partial charge in [0.05, 0.1) is 5.69 Å². The summed E-state index contributed by atoms with van der Waals surface area (Å²) in [5.41, 5.74) is 3.88. The van der Waals surface area contributed by atoms with Crippen LogP contribution in [0.2, 0.25) is 0 Å². The average molecular weight is 447 g/mol. The lowest BCUT2D eigenvalue weighted by atomic mass is 9.94. The summed E-state index contributed by atoms with van der Waals surface area (Å²) < 4.78 is 0. The SMILES string of the molecule is CN(C)CCCN(CC1CCN(C2Cc3ccccc3C2)CC1)C(=O)C=Cc1ccccn1. The molecule has 1 aromatic carbocycles. The van der Waals surface area contributed by atoms with Crippen molar-refractivity contribution in [3.8, 4) is 0 Å². The van der Waals surface area contributed by atoms with Crippen LogP contribution in [0.3, 0.4) is 0 Å². The van der Waals surface area contributed by atoms with Crippen LogP contribution in [-0.4, -0.2) is 78.5 Å². The molecule has 5 heteroatoms. The lowest BCUT2D eigenvalue weighted by Crippen LogP contribution is -2.45. The van der Waals surface area contributed by atoms with Gasteiger partial charge in [0.25, 0.3) is 0 Å². The zero-order chi connectivity index (χ0) is 23.0. The van der Waals surface area contributed by atoms with Gasteiger partial charge in [0.2, 0.25) is 5.91 Å². The Balaban J connectivity index is 1.30. The van der Waals surface area contributed by atoms with E-state index in [4.69, 9.17) is 0 Å². The van der Waals surface area contributed by atoms with Crippen molar-refractivity contribution in [1.29, 1.82) is 0 Å². The highest BCUT2D eigenvalue weighted by atomic mass is 16.2. The largest absolute Gasteiger partial charge is 0.339 e. The number of rotatable bonds is 9. The summed E-state index contributed by atoms with van der Waals surface area (Å²) in [4.78, 5) is 24.3. The fourth-order valence-electron chi connectivity index (χ4n) is 5.21. The van der Waals surface area contributed by atoms with Crippen molar-refractivity contribution in [1.82, 2.24) is 19.7 Å². The molecule has 0 atom stereocenters. The van der Waals surface area contributed by atoms with Gasteiger partial charge in [0.1, 0.15) is 0 Å². The van der Waals surface area contributed by atoms with Crippen molar-refractivity contribution < 1.29 is 4.79 Å². The van der Waals surface area contributed by atoms with Gasteiger partial charge in [-0.3, -0.25) is 14.7 Å². The van der Waals surface area contributed by atoms with Crippen molar-refractivity contribution in [2.45, 2.75) is 38.1 Å². The zero-order valence-corrected chi connectivity index (χ0v) is 20.2. The molecule has 1 aromatic heterocycles. The lowest BCUT2D eigenvalue weighted by molar-refractivity contribution is -0.127. The third-order valence-electron chi connectivity index (χ3n) is 7.10. The van der Waals surface area contributed by atoms with Gasteiger partial charge in [-0.05, 0) is 101 Å². The number of piperidine rings is 1. The summed E-state index contributed by atoms with van der Waals surface area (Å²) in [6.07, 6.45) is 11.0. The number of hydrogen-bond donors (Lipinski definition) is 0. The Bertz CT molecular complexity index is 894. The number of benzene rings is 1. The van der Waals surface area contributed by atoms with E-state index in [1.54, 1.807) is 12.3 Å². The first-order chi connectivity index (χ1) is 16.1. The van der Waals surface area contributed by atoms with Gasteiger partial charge in [-0.25, -0.2) is 0 Å². The number of fused-ring (bicyclic) bond motifs is 1. The summed E-state index contributed by atoms with van der Waals surface area (Å²) in [6, 6.07) is 15.3. The van der Waals surface area contributed by atoms with Gasteiger partial charge in [0.15, 0.2) is 0 Å². The lowest BCUT2D eigenvalue weighted by Gasteiger charge is -2.37. The highest BCUT2D eigenvalue weighted by molar-refractivity contribution is 5.91. The van der Waals surface area contributed by atoms with Crippen molar-refractivity contribution in [2.24, 2.45) is 5.92 Å². The molecule has 0 N–H and O–H groups in total. The second-order valence-electron chi connectivity index (χ2n) is 9.84. The van der Waals surface area contributed by atoms with Crippen LogP contribution >= 0.6 is 0 Å². The Hall–Kier alpha value is -2.50. The summed E-state index contributed by atoms with van der Waals surface area (Å²) in [6.45, 7) is 4.95. The molecule has 1 fully saturated rings. The molecule has 1 saturated heterocycles. The average Bonchev–Trinajstić information content (AvgIpc) is 3.27. The Morgan fingerprint density at radius 2 is 1.73 bits per heavy atom. The number of amides is 1. The Morgan fingerprint density at radius 3 is 2.36 bits per heavy atom. The third kappa shape index (κ3) is 6.75. The van der Waals surface area contributed by atoms with Gasteiger partial charge in [0, 0.05) is 31.4 Å². The smallest absolute Gasteiger partial charge is 0.246 e. The van der Waals surface area contributed by atoms with Crippen molar-refractivity contribution in [3.05, 3.63) is 71.6 Å². The normalized spacial score (nSPS) is 17.7. The van der Waals surface area contributed by atoms with Crippen LogP contribution in [0.5, 0.6) is 0 Å². The van der Waals surface area contributed by atoms with Crippen LogP contribution in [-0.2, 0) is 17.6 Å². The third-order valence-corrected chi connectivity index (χ3v) is 7.10. The van der Waals surface area contributed by atoms with Crippen LogP contribution < -0.4 is 0 Å². The Labute approximate surface area is 199 Å². The summed E-state index contributed by atoms with van der Waals surface area (Å²) in [5, 5.41) is 0. The van der Waals surface area contributed by atoms with Crippen LogP contribution in [0.25, 0.3) is 6.08 Å². The number of likely N-dealkylation sites (tertiary alicyclic amines) is 1. The summed E-state index contributed by atoms with van der Waals surface area (Å²) >= 11 is 0. The molecule has 33 heavy (non-hydrogen) atoms. The molecule has 0 bridgehead atoms. The number of carbonyl (C=O) groups is 1. The minimum absolute atomic E-state index is 0.105. The monoisotopic (exact) mass is 446 g/mol. The fourth-order valence-corrected chi connectivity index (χ4v) is 5.21. The Kier molecular flexibility index (Phi) is 8.30. The zero-order valence-electron chi connectivity index (χ0n) is 20.2. The quantitative estimate of drug-likeness (QED) is 0.550. The van der Waals surface area contributed by atoms with Gasteiger partial charge in [-0.2, -0.15) is 0 Å². The molecule has 0 spiro atoms. The standard InChI is InChI=1S/C28H38N4O/c1-30(2)16-7-17-32(28(33)12-11-26-10-5-6-15-29-26)22-23-13-18-31(19-14-23)27-20-24-8-3-4-9-25(24)21-27/h3-6,8-12,15,23,27H,7,13-14,16-22H2,1-2H3. The first-order valence-corrected chi connectivity index (χ1v) is 12.4. The van der Waals surface area contributed by atoms with Crippen molar-refractivity contribution in [2.75, 3.05) is 46.8 Å². The fraction of sp³-hybridized carbons (Fsp3) is 0.500. The summed E-state index contributed by atoms with van der Waals surface area (Å²) in [7, 11) is 4.17. The molecule has 4 rings (SSSR count). The molecular formula is C28H38N4O. The molecule has 5 nitrogen and oxygen atoms in total. The number of carbonyl (C=O) groups excluding carboxylic acids is 1. The van der Waals surface area contributed by atoms with E-state index in [-0.39, 0.29) is 5.91 Å². The molecule has 1 aliphatic carbocycles. The minimum Gasteiger partial charge on any atom is -0.339 e. The van der Waals surface area contributed by atoms with Gasteiger partial charge in [-0.15, -0.1) is 0 Å². The topological polar surface area (TPSA) is 39.7 Å². The molecule has 176 valence electrons. The predicted molar refractivity (Wildman–Crippen MR) is 135 cm³/mol. The van der Waals surface area contributed by atoms with E-state index in [9.17, 15) is 4.79 Å². The maximum Gasteiger partial charge on any atom is 0.246 e. The maximum atomic E-state index is 13.1. The van der Waals surface area contributed by atoms with E-state index in [1.807, 2.05) is 24.3 Å². The first-order valence-electron chi connectivity index (χ1n) is 12.4. The second kappa shape index (κ2) is 11.6. The van der Waals surface area contributed by atoms with E-state index >= 15 is 0 Å². The van der Waals surface area contributed by atoms with Crippen molar-refractivity contribution >= 4 is 12.0 Å². The molecule has 2 heterocycles. The number of nitrogens with zero attached hydrogens (tertiary/aromatic N) is 4. The second-order valence-corrected chi connectivity index (χ2v) is 9.84. The van der Waals surface area contributed by atoms with Crippen LogP contribution in [0.4, 0.5) is 0 Å². The molecular weight excluding hydrogens is 408 g/mol. The highest BCUT2D eigenvalue weighted by Crippen LogP contribution is 2.29. The van der Waals surface area contributed by atoms with E-state index in [0.717, 1.165) is 44.8 Å². The first kappa shape index (κ1) is 23.7. The minimum atomic E-state index is 0.105. The molecule has 0 saturated carbocycles. The van der Waals surface area contributed by atoms with E-state index in [2.05, 4.69) is 58.0 Å². The molecule has 0 radical (unpaired) electrons. The van der Waals surface area contributed by atoms with Crippen LogP contribution in [0, 0.1) is 5.92 Å². The van der Waals surface area contributed by atoms with Crippen molar-refractivity contribution in [3.63, 3.8) is 0 Å². The van der Waals surface area contributed by atoms with Gasteiger partial charge in [-0.1, -0.05) is 30.3 Å². The van der Waals surface area contributed by atoms with Crippen LogP contribution in [0.15, 0.2) is 54.7 Å². The summed E-state index contributed by atoms with van der Waals surface area (Å²) in [5.74, 6) is 0.685. The number of hydrogen-bond acceptors (Lipinski definition) is 4. The van der Waals surface area contributed by atoms with Gasteiger partial charge < -0.3 is 9.80 Å². The molecule has 2 aromatic rings. The molecule has 1 amide bonds. The Morgan fingerprint density at radius 1 is 1.03 bits per heavy atom. The van der Waals surface area contributed by atoms with Gasteiger partial charge >= 0.3 is 0 Å². The van der Waals surface area contributed by atoms with Crippen LogP contribution in [0.1, 0.15) is 36.1 Å². The van der Waals surface area contributed by atoms with E-state index in [0.29, 0.717) is 12.0 Å². The maximum absolute atomic E-state index is 13.1. The highest BCUT2D eigenvalue weighted by Gasteiger charge is 2.30. The number of aromatic nitrogens is 1. The predicted octanol–water partition coefficient (Wildman–Crippen LogP) is 3.75. The molecule has 2 aliphatic rings. The van der Waals surface area contributed by atoms with E-state index < -0.39 is 0 Å². The molecule has 1 aliphatic heterocycles.